The molecule has 2 N–H and O–H groups in total. The van der Waals surface area contributed by atoms with Crippen molar-refractivity contribution in [1.82, 2.24) is 9.36 Å². The highest BCUT2D eigenvalue weighted by atomic mass is 32.1. The molecule has 5 nitrogen and oxygen atoms in total. The second-order valence-corrected chi connectivity index (χ2v) is 5.36. The van der Waals surface area contributed by atoms with Gasteiger partial charge in [-0.2, -0.15) is 4.37 Å². The third-order valence-electron chi connectivity index (χ3n) is 2.89. The third-order valence-corrected chi connectivity index (χ3v) is 3.62. The summed E-state index contributed by atoms with van der Waals surface area (Å²) < 4.78 is 4.12. The number of aromatic nitrogens is 2. The maximum atomic E-state index is 10.8. The number of carboxylic acid groups (broad SMARTS) is 1. The smallest absolute Gasteiger partial charge is 0.303 e. The Hall–Kier alpha value is -1.95. The van der Waals surface area contributed by atoms with Crippen molar-refractivity contribution in [3.8, 4) is 0 Å². The molecular weight excluding hydrogens is 274 g/mol. The first-order valence-electron chi connectivity index (χ1n) is 6.46. The van der Waals surface area contributed by atoms with Crippen molar-refractivity contribution in [1.29, 1.82) is 0 Å². The molecular formula is C14H17N3O2S. The van der Waals surface area contributed by atoms with Gasteiger partial charge < -0.3 is 10.4 Å². The molecule has 0 radical (unpaired) electrons. The molecule has 0 bridgehead atoms. The number of benzene rings is 1. The zero-order valence-electron chi connectivity index (χ0n) is 11.2. The first kappa shape index (κ1) is 14.5. The number of anilines is 1. The van der Waals surface area contributed by atoms with Crippen LogP contribution in [0.3, 0.4) is 0 Å². The van der Waals surface area contributed by atoms with Crippen molar-refractivity contribution in [2.45, 2.75) is 32.2 Å². The van der Waals surface area contributed by atoms with Crippen molar-refractivity contribution >= 4 is 22.6 Å². The SMILES string of the molecule is Cc1nsc(NC(CCC(=O)O)Cc2ccccc2)n1. The van der Waals surface area contributed by atoms with Crippen LogP contribution in [0.5, 0.6) is 0 Å². The van der Waals surface area contributed by atoms with E-state index in [1.165, 1.54) is 17.1 Å². The average Bonchev–Trinajstić information content (AvgIpc) is 2.82. The van der Waals surface area contributed by atoms with Crippen LogP contribution in [-0.4, -0.2) is 26.5 Å². The first-order valence-corrected chi connectivity index (χ1v) is 7.23. The molecule has 6 heteroatoms. The van der Waals surface area contributed by atoms with Crippen LogP contribution in [0, 0.1) is 6.92 Å². The van der Waals surface area contributed by atoms with Gasteiger partial charge in [0.2, 0.25) is 5.13 Å². The van der Waals surface area contributed by atoms with Crippen molar-refractivity contribution in [3.63, 3.8) is 0 Å². The van der Waals surface area contributed by atoms with Crippen LogP contribution in [0.2, 0.25) is 0 Å². The van der Waals surface area contributed by atoms with Gasteiger partial charge in [0.15, 0.2) is 0 Å². The molecule has 0 aliphatic rings. The molecule has 0 aliphatic carbocycles. The number of nitrogens with zero attached hydrogens (tertiary/aromatic N) is 2. The summed E-state index contributed by atoms with van der Waals surface area (Å²) in [5.74, 6) is -0.0486. The van der Waals surface area contributed by atoms with E-state index in [1.54, 1.807) is 0 Å². The number of nitrogens with one attached hydrogen (secondary N) is 1. The summed E-state index contributed by atoms with van der Waals surface area (Å²) in [6, 6.07) is 10.1. The van der Waals surface area contributed by atoms with Crippen LogP contribution in [0.15, 0.2) is 30.3 Å². The quantitative estimate of drug-likeness (QED) is 0.820. The molecule has 20 heavy (non-hydrogen) atoms. The van der Waals surface area contributed by atoms with Gasteiger partial charge >= 0.3 is 5.97 Å². The number of hydrogen-bond donors (Lipinski definition) is 2. The summed E-state index contributed by atoms with van der Waals surface area (Å²) in [7, 11) is 0. The summed E-state index contributed by atoms with van der Waals surface area (Å²) in [5.41, 5.74) is 1.18. The fourth-order valence-electron chi connectivity index (χ4n) is 1.95. The van der Waals surface area contributed by atoms with Gasteiger partial charge in [-0.3, -0.25) is 4.79 Å². The molecule has 0 aliphatic heterocycles. The minimum Gasteiger partial charge on any atom is -0.481 e. The number of aliphatic carboxylic acids is 1. The van der Waals surface area contributed by atoms with Gasteiger partial charge in [-0.25, -0.2) is 4.98 Å². The van der Waals surface area contributed by atoms with Crippen molar-refractivity contribution in [2.24, 2.45) is 0 Å². The minimum atomic E-state index is -0.779. The lowest BCUT2D eigenvalue weighted by molar-refractivity contribution is -0.137. The first-order chi connectivity index (χ1) is 9.63. The summed E-state index contributed by atoms with van der Waals surface area (Å²) >= 11 is 1.30. The molecule has 2 rings (SSSR count). The minimum absolute atomic E-state index is 0.0425. The number of carboxylic acids is 1. The van der Waals surface area contributed by atoms with Gasteiger partial charge in [-0.05, 0) is 25.3 Å². The Morgan fingerprint density at radius 3 is 2.75 bits per heavy atom. The van der Waals surface area contributed by atoms with Gasteiger partial charge in [0, 0.05) is 24.0 Å². The summed E-state index contributed by atoms with van der Waals surface area (Å²) in [5, 5.41) is 12.9. The summed E-state index contributed by atoms with van der Waals surface area (Å²) in [6.45, 7) is 1.84. The molecule has 1 atom stereocenters. The average molecular weight is 291 g/mol. The number of rotatable bonds is 7. The van der Waals surface area contributed by atoms with Crippen LogP contribution >= 0.6 is 11.5 Å². The monoisotopic (exact) mass is 291 g/mol. The Balaban J connectivity index is 2.01. The van der Waals surface area contributed by atoms with E-state index in [1.807, 2.05) is 37.3 Å². The zero-order chi connectivity index (χ0) is 14.4. The topological polar surface area (TPSA) is 75.1 Å². The van der Waals surface area contributed by atoms with Crippen molar-refractivity contribution in [2.75, 3.05) is 5.32 Å². The highest BCUT2D eigenvalue weighted by molar-refractivity contribution is 7.09. The highest BCUT2D eigenvalue weighted by Crippen LogP contribution is 2.16. The van der Waals surface area contributed by atoms with E-state index in [9.17, 15) is 4.79 Å². The molecule has 0 fully saturated rings. The standard InChI is InChI=1S/C14H17N3O2S/c1-10-15-14(20-17-10)16-12(7-8-13(18)19)9-11-5-3-2-4-6-11/h2-6,12H,7-9H2,1H3,(H,18,19)(H,15,16,17). The van der Waals surface area contributed by atoms with E-state index >= 15 is 0 Å². The van der Waals surface area contributed by atoms with E-state index < -0.39 is 5.97 Å². The molecule has 1 aromatic heterocycles. The second kappa shape index (κ2) is 7.00. The van der Waals surface area contributed by atoms with Crippen LogP contribution in [0.4, 0.5) is 5.13 Å². The van der Waals surface area contributed by atoms with E-state index in [4.69, 9.17) is 5.11 Å². The fraction of sp³-hybridized carbons (Fsp3) is 0.357. The molecule has 1 aromatic carbocycles. The molecule has 0 spiro atoms. The maximum Gasteiger partial charge on any atom is 0.303 e. The largest absolute Gasteiger partial charge is 0.481 e. The zero-order valence-corrected chi connectivity index (χ0v) is 12.1. The van der Waals surface area contributed by atoms with Gasteiger partial charge in [-0.15, -0.1) is 0 Å². The maximum absolute atomic E-state index is 10.8. The molecule has 2 aromatic rings. The Morgan fingerprint density at radius 2 is 2.15 bits per heavy atom. The predicted molar refractivity (Wildman–Crippen MR) is 79.1 cm³/mol. The molecule has 106 valence electrons. The van der Waals surface area contributed by atoms with Gasteiger partial charge in [0.1, 0.15) is 5.82 Å². The van der Waals surface area contributed by atoms with Crippen molar-refractivity contribution in [3.05, 3.63) is 41.7 Å². The van der Waals surface area contributed by atoms with E-state index in [2.05, 4.69) is 14.7 Å². The lowest BCUT2D eigenvalue weighted by Crippen LogP contribution is -2.23. The third kappa shape index (κ3) is 4.62. The van der Waals surface area contributed by atoms with Crippen molar-refractivity contribution < 1.29 is 9.90 Å². The van der Waals surface area contributed by atoms with Gasteiger partial charge in [0.05, 0.1) is 0 Å². The van der Waals surface area contributed by atoms with Crippen LogP contribution < -0.4 is 5.32 Å². The molecule has 1 heterocycles. The van der Waals surface area contributed by atoms with E-state index in [0.717, 1.165) is 17.4 Å². The van der Waals surface area contributed by atoms with Gasteiger partial charge in [-0.1, -0.05) is 30.3 Å². The van der Waals surface area contributed by atoms with Crippen LogP contribution in [0.25, 0.3) is 0 Å². The summed E-state index contributed by atoms with van der Waals surface area (Å²) in [6.07, 6.45) is 1.47. The Morgan fingerprint density at radius 1 is 1.40 bits per heavy atom. The Labute approximate surface area is 121 Å². The number of carbonyl (C=O) groups is 1. The molecule has 1 unspecified atom stereocenters. The molecule has 0 saturated carbocycles. The Kier molecular flexibility index (Phi) is 5.06. The number of aryl methyl sites for hydroxylation is 1. The lowest BCUT2D eigenvalue weighted by atomic mass is 10.0. The molecule has 0 amide bonds. The number of hydrogen-bond acceptors (Lipinski definition) is 5. The predicted octanol–water partition coefficient (Wildman–Crippen LogP) is 2.73. The second-order valence-electron chi connectivity index (χ2n) is 4.61. The highest BCUT2D eigenvalue weighted by Gasteiger charge is 2.13. The van der Waals surface area contributed by atoms with Crippen LogP contribution in [0.1, 0.15) is 24.2 Å². The van der Waals surface area contributed by atoms with Crippen LogP contribution in [-0.2, 0) is 11.2 Å². The lowest BCUT2D eigenvalue weighted by Gasteiger charge is -2.17. The van der Waals surface area contributed by atoms with E-state index in [-0.39, 0.29) is 12.5 Å². The van der Waals surface area contributed by atoms with E-state index in [0.29, 0.717) is 6.42 Å². The normalized spacial score (nSPS) is 12.1. The summed E-state index contributed by atoms with van der Waals surface area (Å²) in [4.78, 5) is 15.0. The fourth-order valence-corrected chi connectivity index (χ4v) is 2.60. The Bertz CT molecular complexity index is 557. The molecule has 0 saturated heterocycles. The van der Waals surface area contributed by atoms with Gasteiger partial charge in [0.25, 0.3) is 0 Å².